The summed E-state index contributed by atoms with van der Waals surface area (Å²) in [5.41, 5.74) is 10.1. The van der Waals surface area contributed by atoms with Crippen LogP contribution < -0.4 is 5.73 Å². The molecule has 134 valence electrons. The number of nitrogens with two attached hydrogens (primary N) is 1. The monoisotopic (exact) mass is 370 g/mol. The number of hydrogen-bond donors (Lipinski definition) is 2. The van der Waals surface area contributed by atoms with Gasteiger partial charge in [-0.25, -0.2) is 14.2 Å². The standard InChI is InChI=1S/C20H19FN2O2S/c1-12-17(9-13-3-6-15(26-2)7-4-13)16-8-5-14(21)10-18(16)19(12)11-23(25)20(22)24/h3-10,25H,11H2,1-2H3,(H2,22,24). The number of halogens is 1. The maximum absolute atomic E-state index is 13.8. The van der Waals surface area contributed by atoms with Gasteiger partial charge in [0, 0.05) is 4.90 Å². The van der Waals surface area contributed by atoms with Gasteiger partial charge in [0.15, 0.2) is 0 Å². The quantitative estimate of drug-likeness (QED) is 0.468. The van der Waals surface area contributed by atoms with E-state index in [1.54, 1.807) is 17.8 Å². The average Bonchev–Trinajstić information content (AvgIpc) is 2.87. The van der Waals surface area contributed by atoms with Crippen LogP contribution in [0.25, 0.3) is 17.2 Å². The summed E-state index contributed by atoms with van der Waals surface area (Å²) in [5, 5.41) is 10.2. The van der Waals surface area contributed by atoms with Crippen LogP contribution in [0.15, 0.2) is 52.9 Å². The molecule has 0 fully saturated rings. The SMILES string of the molecule is CSc1ccc(C=C2C(C)=C(CN(O)C(N)=O)c3cc(F)ccc32)cc1. The van der Waals surface area contributed by atoms with Crippen LogP contribution in [0.4, 0.5) is 9.18 Å². The predicted octanol–water partition coefficient (Wildman–Crippen LogP) is 4.65. The van der Waals surface area contributed by atoms with Gasteiger partial charge in [-0.2, -0.15) is 0 Å². The number of thioether (sulfide) groups is 1. The molecule has 0 bridgehead atoms. The zero-order valence-electron chi connectivity index (χ0n) is 14.5. The fourth-order valence-corrected chi connectivity index (χ4v) is 3.46. The Balaban J connectivity index is 2.08. The molecule has 6 heteroatoms. The Morgan fingerprint density at radius 3 is 2.54 bits per heavy atom. The van der Waals surface area contributed by atoms with E-state index in [1.165, 1.54) is 17.0 Å². The molecule has 0 heterocycles. The van der Waals surface area contributed by atoms with Gasteiger partial charge in [0.05, 0.1) is 6.54 Å². The normalized spacial score (nSPS) is 14.7. The number of hydrogen-bond acceptors (Lipinski definition) is 3. The highest BCUT2D eigenvalue weighted by atomic mass is 32.2. The number of rotatable bonds is 4. The highest BCUT2D eigenvalue weighted by molar-refractivity contribution is 7.98. The molecule has 0 unspecified atom stereocenters. The Labute approximate surface area is 155 Å². The average molecular weight is 370 g/mol. The predicted molar refractivity (Wildman–Crippen MR) is 103 cm³/mol. The molecule has 1 aliphatic carbocycles. The number of nitrogens with zero attached hydrogens (tertiary/aromatic N) is 1. The van der Waals surface area contributed by atoms with Gasteiger partial charge in [0.2, 0.25) is 0 Å². The van der Waals surface area contributed by atoms with Crippen molar-refractivity contribution in [1.82, 2.24) is 5.06 Å². The molecule has 2 aromatic rings. The van der Waals surface area contributed by atoms with E-state index in [-0.39, 0.29) is 12.4 Å². The fraction of sp³-hybridized carbons (Fsp3) is 0.150. The van der Waals surface area contributed by atoms with E-state index in [4.69, 9.17) is 5.73 Å². The smallest absolute Gasteiger partial charge is 0.338 e. The Bertz CT molecular complexity index is 920. The van der Waals surface area contributed by atoms with Crippen LogP contribution in [0.3, 0.4) is 0 Å². The van der Waals surface area contributed by atoms with Crippen LogP contribution in [-0.2, 0) is 0 Å². The minimum Gasteiger partial charge on any atom is -0.350 e. The third-order valence-electron chi connectivity index (χ3n) is 4.44. The first kappa shape index (κ1) is 18.2. The molecular formula is C20H19FN2O2S. The summed E-state index contributed by atoms with van der Waals surface area (Å²) in [7, 11) is 0. The summed E-state index contributed by atoms with van der Waals surface area (Å²) >= 11 is 1.67. The van der Waals surface area contributed by atoms with Crippen LogP contribution >= 0.6 is 11.8 Å². The van der Waals surface area contributed by atoms with Gasteiger partial charge in [-0.15, -0.1) is 11.8 Å². The van der Waals surface area contributed by atoms with E-state index in [2.05, 4.69) is 0 Å². The zero-order chi connectivity index (χ0) is 18.8. The topological polar surface area (TPSA) is 66.6 Å². The molecule has 0 radical (unpaired) electrons. The number of amides is 2. The lowest BCUT2D eigenvalue weighted by Crippen LogP contribution is -2.33. The van der Waals surface area contributed by atoms with Gasteiger partial charge in [-0.05, 0) is 76.9 Å². The second-order valence-corrected chi connectivity index (χ2v) is 6.90. The van der Waals surface area contributed by atoms with Crippen molar-refractivity contribution in [2.45, 2.75) is 11.8 Å². The maximum Gasteiger partial charge on any atom is 0.338 e. The number of benzene rings is 2. The van der Waals surface area contributed by atoms with Crippen molar-refractivity contribution in [1.29, 1.82) is 0 Å². The largest absolute Gasteiger partial charge is 0.350 e. The molecule has 1 aliphatic rings. The molecular weight excluding hydrogens is 351 g/mol. The van der Waals surface area contributed by atoms with Crippen molar-refractivity contribution in [2.24, 2.45) is 5.73 Å². The number of fused-ring (bicyclic) bond motifs is 1. The molecule has 0 saturated heterocycles. The van der Waals surface area contributed by atoms with Gasteiger partial charge in [-0.3, -0.25) is 5.21 Å². The van der Waals surface area contributed by atoms with E-state index in [1.807, 2.05) is 43.5 Å². The molecule has 4 nitrogen and oxygen atoms in total. The molecule has 0 aliphatic heterocycles. The summed E-state index contributed by atoms with van der Waals surface area (Å²) in [4.78, 5) is 12.4. The number of primary amides is 1. The van der Waals surface area contributed by atoms with Gasteiger partial charge < -0.3 is 5.73 Å². The van der Waals surface area contributed by atoms with Crippen LogP contribution in [0, 0.1) is 5.82 Å². The summed E-state index contributed by atoms with van der Waals surface area (Å²) in [6.07, 6.45) is 4.04. The zero-order valence-corrected chi connectivity index (χ0v) is 15.3. The van der Waals surface area contributed by atoms with E-state index < -0.39 is 6.03 Å². The molecule has 2 amide bonds. The molecule has 0 spiro atoms. The highest BCUT2D eigenvalue weighted by Gasteiger charge is 2.26. The number of carbonyl (C=O) groups excluding carboxylic acids is 1. The second-order valence-electron chi connectivity index (χ2n) is 6.02. The lowest BCUT2D eigenvalue weighted by molar-refractivity contribution is -0.0268. The summed E-state index contributed by atoms with van der Waals surface area (Å²) in [6.45, 7) is 1.80. The van der Waals surface area contributed by atoms with Crippen molar-refractivity contribution in [3.8, 4) is 0 Å². The lowest BCUT2D eigenvalue weighted by atomic mass is 10.0. The molecule has 0 atom stereocenters. The summed E-state index contributed by atoms with van der Waals surface area (Å²) in [5.74, 6) is -0.372. The lowest BCUT2D eigenvalue weighted by Gasteiger charge is -2.14. The Morgan fingerprint density at radius 1 is 1.23 bits per heavy atom. The summed E-state index contributed by atoms with van der Waals surface area (Å²) in [6, 6.07) is 11.7. The first-order valence-corrected chi connectivity index (χ1v) is 9.25. The Hall–Kier alpha value is -2.57. The van der Waals surface area contributed by atoms with Crippen molar-refractivity contribution in [3.05, 3.63) is 70.5 Å². The van der Waals surface area contributed by atoms with E-state index in [0.717, 1.165) is 22.3 Å². The van der Waals surface area contributed by atoms with Gasteiger partial charge in [-0.1, -0.05) is 18.2 Å². The molecule has 0 aromatic heterocycles. The minimum absolute atomic E-state index is 0.0969. The van der Waals surface area contributed by atoms with Crippen molar-refractivity contribution in [3.63, 3.8) is 0 Å². The van der Waals surface area contributed by atoms with Gasteiger partial charge >= 0.3 is 6.03 Å². The molecule has 3 rings (SSSR count). The van der Waals surface area contributed by atoms with Crippen molar-refractivity contribution < 1.29 is 14.4 Å². The highest BCUT2D eigenvalue weighted by Crippen LogP contribution is 2.42. The summed E-state index contributed by atoms with van der Waals surface area (Å²) < 4.78 is 13.8. The number of carbonyl (C=O) groups is 1. The Morgan fingerprint density at radius 2 is 1.92 bits per heavy atom. The second kappa shape index (κ2) is 7.35. The first-order valence-electron chi connectivity index (χ1n) is 8.02. The molecule has 26 heavy (non-hydrogen) atoms. The first-order chi connectivity index (χ1) is 12.4. The van der Waals surface area contributed by atoms with E-state index in [0.29, 0.717) is 16.2 Å². The van der Waals surface area contributed by atoms with Gasteiger partial charge in [0.25, 0.3) is 0 Å². The number of urea groups is 1. The molecule has 0 saturated carbocycles. The van der Waals surface area contributed by atoms with Gasteiger partial charge in [0.1, 0.15) is 5.82 Å². The van der Waals surface area contributed by atoms with E-state index >= 15 is 0 Å². The van der Waals surface area contributed by atoms with Crippen LogP contribution in [0.1, 0.15) is 23.6 Å². The molecule has 3 N–H and O–H groups in total. The van der Waals surface area contributed by atoms with Crippen molar-refractivity contribution >= 4 is 35.0 Å². The van der Waals surface area contributed by atoms with Crippen molar-refractivity contribution in [2.75, 3.05) is 12.8 Å². The number of allylic oxidation sites excluding steroid dienone is 2. The van der Waals surface area contributed by atoms with Crippen LogP contribution in [0.5, 0.6) is 0 Å². The third kappa shape index (κ3) is 3.52. The van der Waals surface area contributed by atoms with Crippen LogP contribution in [-0.4, -0.2) is 29.1 Å². The van der Waals surface area contributed by atoms with E-state index in [9.17, 15) is 14.4 Å². The Kier molecular flexibility index (Phi) is 5.15. The molecule has 2 aromatic carbocycles. The van der Waals surface area contributed by atoms with Crippen LogP contribution in [0.2, 0.25) is 0 Å². The fourth-order valence-electron chi connectivity index (χ4n) is 3.05. The maximum atomic E-state index is 13.8. The minimum atomic E-state index is -0.951. The number of hydroxylamine groups is 2. The third-order valence-corrected chi connectivity index (χ3v) is 5.19.